The number of aryl methyl sites for hydroxylation is 1. The Labute approximate surface area is 119 Å². The minimum absolute atomic E-state index is 0.0951. The first-order chi connectivity index (χ1) is 9.74. The average molecular weight is 279 g/mol. The minimum atomic E-state index is -0.221. The van der Waals surface area contributed by atoms with Gasteiger partial charge in [-0.3, -0.25) is 4.79 Å². The molecule has 0 aliphatic carbocycles. The second-order valence-electron chi connectivity index (χ2n) is 5.37. The van der Waals surface area contributed by atoms with Gasteiger partial charge < -0.3 is 10.1 Å². The van der Waals surface area contributed by atoms with Crippen LogP contribution in [0.5, 0.6) is 0 Å². The molecule has 0 saturated carbocycles. The van der Waals surface area contributed by atoms with Gasteiger partial charge >= 0.3 is 0 Å². The summed E-state index contributed by atoms with van der Waals surface area (Å²) < 4.78 is 18.1. The molecule has 0 aromatic heterocycles. The predicted octanol–water partition coefficient (Wildman–Crippen LogP) is 2.69. The monoisotopic (exact) mass is 279 g/mol. The fourth-order valence-electron chi connectivity index (χ4n) is 2.42. The highest BCUT2D eigenvalue weighted by atomic mass is 19.1. The Morgan fingerprint density at radius 3 is 2.85 bits per heavy atom. The number of benzene rings is 1. The third kappa shape index (κ3) is 5.29. The van der Waals surface area contributed by atoms with E-state index in [4.69, 9.17) is 4.74 Å². The largest absolute Gasteiger partial charge is 0.381 e. The van der Waals surface area contributed by atoms with Crippen molar-refractivity contribution in [1.82, 2.24) is 5.32 Å². The molecule has 1 saturated heterocycles. The molecule has 0 bridgehead atoms. The number of amides is 1. The van der Waals surface area contributed by atoms with Gasteiger partial charge in [-0.2, -0.15) is 0 Å². The maximum Gasteiger partial charge on any atom is 0.220 e. The quantitative estimate of drug-likeness (QED) is 0.869. The van der Waals surface area contributed by atoms with Crippen molar-refractivity contribution in [3.8, 4) is 0 Å². The van der Waals surface area contributed by atoms with Crippen LogP contribution in [0.1, 0.15) is 31.2 Å². The molecule has 20 heavy (non-hydrogen) atoms. The van der Waals surface area contributed by atoms with Crippen molar-refractivity contribution in [3.63, 3.8) is 0 Å². The van der Waals surface area contributed by atoms with Crippen molar-refractivity contribution in [2.75, 3.05) is 19.8 Å². The molecule has 4 heteroatoms. The van der Waals surface area contributed by atoms with Gasteiger partial charge in [0.15, 0.2) is 0 Å². The molecule has 3 nitrogen and oxygen atoms in total. The molecule has 1 unspecified atom stereocenters. The fraction of sp³-hybridized carbons (Fsp3) is 0.562. The van der Waals surface area contributed by atoms with Gasteiger partial charge in [-0.25, -0.2) is 4.39 Å². The Balaban J connectivity index is 1.58. The summed E-state index contributed by atoms with van der Waals surface area (Å²) in [4.78, 5) is 11.7. The topological polar surface area (TPSA) is 38.3 Å². The molecule has 0 spiro atoms. The van der Waals surface area contributed by atoms with E-state index < -0.39 is 0 Å². The lowest BCUT2D eigenvalue weighted by Crippen LogP contribution is -2.33. The summed E-state index contributed by atoms with van der Waals surface area (Å²) in [5.74, 6) is 0.337. The SMILES string of the molecule is O=C(CCCc1ccc(F)cc1)NCC1CCCOC1. The van der Waals surface area contributed by atoms with Crippen LogP contribution in [0.25, 0.3) is 0 Å². The van der Waals surface area contributed by atoms with Crippen LogP contribution in [0.4, 0.5) is 4.39 Å². The smallest absolute Gasteiger partial charge is 0.220 e. The lowest BCUT2D eigenvalue weighted by Gasteiger charge is -2.22. The fourth-order valence-corrected chi connectivity index (χ4v) is 2.42. The molecule has 0 radical (unpaired) electrons. The van der Waals surface area contributed by atoms with E-state index >= 15 is 0 Å². The van der Waals surface area contributed by atoms with Crippen LogP contribution >= 0.6 is 0 Å². The number of rotatable bonds is 6. The van der Waals surface area contributed by atoms with E-state index in [2.05, 4.69) is 5.32 Å². The summed E-state index contributed by atoms with van der Waals surface area (Å²) in [6.45, 7) is 2.33. The Hall–Kier alpha value is -1.42. The van der Waals surface area contributed by atoms with E-state index in [9.17, 15) is 9.18 Å². The maximum absolute atomic E-state index is 12.7. The summed E-state index contributed by atoms with van der Waals surface area (Å²) in [7, 11) is 0. The average Bonchev–Trinajstić information content (AvgIpc) is 2.48. The maximum atomic E-state index is 12.7. The lowest BCUT2D eigenvalue weighted by atomic mass is 10.0. The zero-order valence-electron chi connectivity index (χ0n) is 11.7. The zero-order chi connectivity index (χ0) is 14.2. The zero-order valence-corrected chi connectivity index (χ0v) is 11.7. The number of carbonyl (C=O) groups excluding carboxylic acids is 1. The van der Waals surface area contributed by atoms with E-state index in [0.717, 1.165) is 51.0 Å². The molecular weight excluding hydrogens is 257 g/mol. The normalized spacial score (nSPS) is 18.8. The number of carbonyl (C=O) groups is 1. The van der Waals surface area contributed by atoms with Crippen LogP contribution in [-0.2, 0) is 16.0 Å². The highest BCUT2D eigenvalue weighted by Gasteiger charge is 2.14. The molecule has 1 heterocycles. The van der Waals surface area contributed by atoms with Crippen LogP contribution in [0.3, 0.4) is 0 Å². The van der Waals surface area contributed by atoms with Crippen molar-refractivity contribution in [3.05, 3.63) is 35.6 Å². The summed E-state index contributed by atoms with van der Waals surface area (Å²) in [6.07, 6.45) is 4.34. The van der Waals surface area contributed by atoms with Gasteiger partial charge in [-0.15, -0.1) is 0 Å². The van der Waals surface area contributed by atoms with Gasteiger partial charge in [0.25, 0.3) is 0 Å². The Morgan fingerprint density at radius 2 is 2.15 bits per heavy atom. The van der Waals surface area contributed by atoms with Crippen LogP contribution < -0.4 is 5.32 Å². The van der Waals surface area contributed by atoms with E-state index in [-0.39, 0.29) is 11.7 Å². The number of ether oxygens (including phenoxy) is 1. The number of nitrogens with one attached hydrogen (secondary N) is 1. The van der Waals surface area contributed by atoms with Crippen molar-refractivity contribution in [2.24, 2.45) is 5.92 Å². The van der Waals surface area contributed by atoms with Crippen molar-refractivity contribution >= 4 is 5.91 Å². The molecule has 1 amide bonds. The van der Waals surface area contributed by atoms with Gasteiger partial charge in [0.2, 0.25) is 5.91 Å². The molecule has 1 aliphatic rings. The molecular formula is C16H22FNO2. The van der Waals surface area contributed by atoms with Gasteiger partial charge in [0.05, 0.1) is 6.61 Å². The molecule has 1 fully saturated rings. The summed E-state index contributed by atoms with van der Waals surface area (Å²) in [6, 6.07) is 6.45. The highest BCUT2D eigenvalue weighted by Crippen LogP contribution is 2.12. The Bertz CT molecular complexity index is 413. The summed E-state index contributed by atoms with van der Waals surface area (Å²) in [5.41, 5.74) is 1.07. The van der Waals surface area contributed by atoms with Crippen LogP contribution in [0.2, 0.25) is 0 Å². The second-order valence-corrected chi connectivity index (χ2v) is 5.37. The van der Waals surface area contributed by atoms with Gasteiger partial charge in [0.1, 0.15) is 5.82 Å². The highest BCUT2D eigenvalue weighted by molar-refractivity contribution is 5.75. The molecule has 2 rings (SSSR count). The Morgan fingerprint density at radius 1 is 1.35 bits per heavy atom. The molecule has 1 N–H and O–H groups in total. The first kappa shape index (κ1) is 15.0. The standard InChI is InChI=1S/C16H22FNO2/c17-15-8-6-13(7-9-15)3-1-5-16(19)18-11-14-4-2-10-20-12-14/h6-9,14H,1-5,10-12H2,(H,18,19). The third-order valence-electron chi connectivity index (χ3n) is 3.63. The Kier molecular flexibility index (Phi) is 5.99. The second kappa shape index (κ2) is 8.00. The van der Waals surface area contributed by atoms with Gasteiger partial charge in [-0.05, 0) is 49.3 Å². The first-order valence-electron chi connectivity index (χ1n) is 7.33. The minimum Gasteiger partial charge on any atom is -0.381 e. The van der Waals surface area contributed by atoms with Crippen molar-refractivity contribution in [1.29, 1.82) is 0 Å². The first-order valence-corrected chi connectivity index (χ1v) is 7.33. The van der Waals surface area contributed by atoms with E-state index in [1.165, 1.54) is 12.1 Å². The summed E-state index contributed by atoms with van der Waals surface area (Å²) in [5, 5.41) is 2.97. The molecule has 110 valence electrons. The number of halogens is 1. The van der Waals surface area contributed by atoms with Gasteiger partial charge in [-0.1, -0.05) is 12.1 Å². The molecule has 1 aliphatic heterocycles. The van der Waals surface area contributed by atoms with E-state index in [1.807, 2.05) is 0 Å². The molecule has 1 aromatic rings. The lowest BCUT2D eigenvalue weighted by molar-refractivity contribution is -0.121. The molecule has 1 atom stereocenters. The van der Waals surface area contributed by atoms with Crippen LogP contribution in [0, 0.1) is 11.7 Å². The van der Waals surface area contributed by atoms with Gasteiger partial charge in [0, 0.05) is 19.6 Å². The van der Waals surface area contributed by atoms with Crippen molar-refractivity contribution < 1.29 is 13.9 Å². The molecule has 1 aromatic carbocycles. The van der Waals surface area contributed by atoms with Crippen LogP contribution in [-0.4, -0.2) is 25.7 Å². The number of hydrogen-bond donors (Lipinski definition) is 1. The van der Waals surface area contributed by atoms with E-state index in [0.29, 0.717) is 12.3 Å². The van der Waals surface area contributed by atoms with Crippen LogP contribution in [0.15, 0.2) is 24.3 Å². The van der Waals surface area contributed by atoms with Crippen molar-refractivity contribution in [2.45, 2.75) is 32.1 Å². The summed E-state index contributed by atoms with van der Waals surface area (Å²) >= 11 is 0. The predicted molar refractivity (Wildman–Crippen MR) is 75.9 cm³/mol. The van der Waals surface area contributed by atoms with E-state index in [1.54, 1.807) is 12.1 Å². The number of hydrogen-bond acceptors (Lipinski definition) is 2. The third-order valence-corrected chi connectivity index (χ3v) is 3.63.